The fraction of sp³-hybridized carbons (Fsp3) is 0.286. The molecule has 3 N–H and O–H groups in total. The maximum Gasteiger partial charge on any atom is 0.231 e. The van der Waals surface area contributed by atoms with E-state index in [1.165, 1.54) is 5.56 Å². The van der Waals surface area contributed by atoms with Gasteiger partial charge in [-0.1, -0.05) is 68.4 Å². The molecule has 1 heterocycles. The highest BCUT2D eigenvalue weighted by molar-refractivity contribution is 14.0. The normalized spacial score (nSPS) is 12.5. The highest BCUT2D eigenvalue weighted by Crippen LogP contribution is 2.20. The van der Waals surface area contributed by atoms with Gasteiger partial charge in [0.2, 0.25) is 11.7 Å². The molecule has 0 saturated heterocycles. The van der Waals surface area contributed by atoms with E-state index in [4.69, 9.17) is 10.3 Å². The van der Waals surface area contributed by atoms with Crippen molar-refractivity contribution in [2.45, 2.75) is 32.6 Å². The van der Waals surface area contributed by atoms with E-state index in [9.17, 15) is 0 Å². The van der Waals surface area contributed by atoms with E-state index in [1.807, 2.05) is 49.4 Å². The van der Waals surface area contributed by atoms with Crippen molar-refractivity contribution < 1.29 is 4.52 Å². The van der Waals surface area contributed by atoms with Crippen LogP contribution in [-0.2, 0) is 0 Å². The molecule has 0 fully saturated rings. The zero-order valence-corrected chi connectivity index (χ0v) is 18.6. The SMILES string of the molecule is CC(C)c1cccc(NC(N)=NCC(C)c2nc(-c3ccccc3)no2)c1.I. The number of benzene rings is 2. The minimum Gasteiger partial charge on any atom is -0.370 e. The number of hydrogen-bond acceptors (Lipinski definition) is 4. The summed E-state index contributed by atoms with van der Waals surface area (Å²) in [6, 6.07) is 17.9. The molecular formula is C21H26IN5O. The summed E-state index contributed by atoms with van der Waals surface area (Å²) in [7, 11) is 0. The molecule has 1 atom stereocenters. The van der Waals surface area contributed by atoms with Crippen molar-refractivity contribution in [3.05, 3.63) is 66.1 Å². The molecule has 0 amide bonds. The summed E-state index contributed by atoms with van der Waals surface area (Å²) in [5.41, 5.74) is 9.13. The lowest BCUT2D eigenvalue weighted by Crippen LogP contribution is -2.23. The summed E-state index contributed by atoms with van der Waals surface area (Å²) in [6.07, 6.45) is 0. The first-order chi connectivity index (χ1) is 13.0. The van der Waals surface area contributed by atoms with Crippen molar-refractivity contribution in [1.82, 2.24) is 10.1 Å². The van der Waals surface area contributed by atoms with Crippen LogP contribution in [-0.4, -0.2) is 22.6 Å². The molecule has 0 aliphatic rings. The predicted octanol–water partition coefficient (Wildman–Crippen LogP) is 5.01. The van der Waals surface area contributed by atoms with Crippen LogP contribution >= 0.6 is 24.0 Å². The number of anilines is 1. The van der Waals surface area contributed by atoms with E-state index < -0.39 is 0 Å². The summed E-state index contributed by atoms with van der Waals surface area (Å²) >= 11 is 0. The van der Waals surface area contributed by atoms with E-state index in [0.29, 0.717) is 30.1 Å². The highest BCUT2D eigenvalue weighted by atomic mass is 127. The Bertz CT molecular complexity index is 908. The van der Waals surface area contributed by atoms with Crippen LogP contribution in [0.2, 0.25) is 0 Å². The Balaban J connectivity index is 0.00000280. The van der Waals surface area contributed by atoms with Crippen molar-refractivity contribution in [3.63, 3.8) is 0 Å². The summed E-state index contributed by atoms with van der Waals surface area (Å²) in [5.74, 6) is 1.93. The van der Waals surface area contributed by atoms with E-state index in [0.717, 1.165) is 11.3 Å². The van der Waals surface area contributed by atoms with Crippen LogP contribution in [0.25, 0.3) is 11.4 Å². The van der Waals surface area contributed by atoms with Gasteiger partial charge in [-0.05, 0) is 23.6 Å². The number of hydrogen-bond donors (Lipinski definition) is 2. The zero-order valence-electron chi connectivity index (χ0n) is 16.3. The standard InChI is InChI=1S/C21H25N5O.HI/c1-14(2)17-10-7-11-18(12-17)24-21(22)23-13-15(3)20-25-19(26-27-20)16-8-5-4-6-9-16;/h4-12,14-15H,13H2,1-3H3,(H3,22,23,24);1H. The van der Waals surface area contributed by atoms with Crippen LogP contribution in [0.5, 0.6) is 0 Å². The quantitative estimate of drug-likeness (QED) is 0.288. The highest BCUT2D eigenvalue weighted by Gasteiger charge is 2.15. The lowest BCUT2D eigenvalue weighted by atomic mass is 10.0. The number of guanidine groups is 1. The van der Waals surface area contributed by atoms with E-state index >= 15 is 0 Å². The topological polar surface area (TPSA) is 89.3 Å². The number of nitrogens with two attached hydrogens (primary N) is 1. The maximum absolute atomic E-state index is 6.03. The van der Waals surface area contributed by atoms with E-state index in [2.05, 4.69) is 46.4 Å². The average Bonchev–Trinajstić information content (AvgIpc) is 3.17. The molecule has 1 unspecified atom stereocenters. The van der Waals surface area contributed by atoms with Crippen molar-refractivity contribution in [2.75, 3.05) is 11.9 Å². The van der Waals surface area contributed by atoms with Crippen molar-refractivity contribution in [2.24, 2.45) is 10.7 Å². The Morgan fingerprint density at radius 1 is 1.11 bits per heavy atom. The summed E-state index contributed by atoms with van der Waals surface area (Å²) in [5, 5.41) is 7.18. The molecule has 6 nitrogen and oxygen atoms in total. The van der Waals surface area contributed by atoms with Gasteiger partial charge in [-0.2, -0.15) is 4.98 Å². The number of halogens is 1. The molecule has 0 aliphatic carbocycles. The van der Waals surface area contributed by atoms with Crippen LogP contribution in [0.15, 0.2) is 64.1 Å². The summed E-state index contributed by atoms with van der Waals surface area (Å²) < 4.78 is 5.38. The van der Waals surface area contributed by atoms with Crippen LogP contribution in [0.4, 0.5) is 5.69 Å². The van der Waals surface area contributed by atoms with Gasteiger partial charge in [0, 0.05) is 11.3 Å². The Morgan fingerprint density at radius 3 is 2.57 bits per heavy atom. The first-order valence-electron chi connectivity index (χ1n) is 9.09. The maximum atomic E-state index is 6.03. The third-order valence-electron chi connectivity index (χ3n) is 4.26. The molecule has 0 radical (unpaired) electrons. The Morgan fingerprint density at radius 2 is 1.86 bits per heavy atom. The van der Waals surface area contributed by atoms with Crippen molar-refractivity contribution in [3.8, 4) is 11.4 Å². The lowest BCUT2D eigenvalue weighted by Gasteiger charge is -2.10. The van der Waals surface area contributed by atoms with Crippen molar-refractivity contribution >= 4 is 35.6 Å². The summed E-state index contributed by atoms with van der Waals surface area (Å²) in [6.45, 7) is 6.76. The van der Waals surface area contributed by atoms with Gasteiger partial charge in [0.1, 0.15) is 0 Å². The first-order valence-corrected chi connectivity index (χ1v) is 9.09. The van der Waals surface area contributed by atoms with Gasteiger partial charge < -0.3 is 15.6 Å². The molecule has 3 aromatic rings. The van der Waals surface area contributed by atoms with Gasteiger partial charge in [-0.3, -0.25) is 4.99 Å². The lowest BCUT2D eigenvalue weighted by molar-refractivity contribution is 0.361. The third-order valence-corrected chi connectivity index (χ3v) is 4.26. The largest absolute Gasteiger partial charge is 0.370 e. The molecule has 7 heteroatoms. The fourth-order valence-corrected chi connectivity index (χ4v) is 2.62. The van der Waals surface area contributed by atoms with Crippen LogP contribution in [0.1, 0.15) is 44.1 Å². The predicted molar refractivity (Wildman–Crippen MR) is 124 cm³/mol. The fourth-order valence-electron chi connectivity index (χ4n) is 2.62. The Hall–Kier alpha value is -2.42. The Labute approximate surface area is 182 Å². The summed E-state index contributed by atoms with van der Waals surface area (Å²) in [4.78, 5) is 8.87. The number of aliphatic imine (C=N–C) groups is 1. The van der Waals surface area contributed by atoms with Crippen LogP contribution in [0, 0.1) is 0 Å². The molecule has 0 spiro atoms. The van der Waals surface area contributed by atoms with Gasteiger partial charge >= 0.3 is 0 Å². The molecule has 2 aromatic carbocycles. The first kappa shape index (κ1) is 21.9. The van der Waals surface area contributed by atoms with E-state index in [-0.39, 0.29) is 29.9 Å². The van der Waals surface area contributed by atoms with Crippen LogP contribution in [0.3, 0.4) is 0 Å². The van der Waals surface area contributed by atoms with Gasteiger partial charge in [-0.15, -0.1) is 24.0 Å². The van der Waals surface area contributed by atoms with Crippen molar-refractivity contribution in [1.29, 1.82) is 0 Å². The number of rotatable bonds is 6. The van der Waals surface area contributed by atoms with Gasteiger partial charge in [0.05, 0.1) is 12.5 Å². The molecule has 0 saturated carbocycles. The molecule has 0 aliphatic heterocycles. The minimum atomic E-state index is -0.0303. The number of aromatic nitrogens is 2. The molecule has 148 valence electrons. The van der Waals surface area contributed by atoms with E-state index in [1.54, 1.807) is 0 Å². The molecule has 28 heavy (non-hydrogen) atoms. The number of nitrogens with one attached hydrogen (secondary N) is 1. The van der Waals surface area contributed by atoms with Gasteiger partial charge in [-0.25, -0.2) is 0 Å². The van der Waals surface area contributed by atoms with Gasteiger partial charge in [0.15, 0.2) is 5.96 Å². The second kappa shape index (κ2) is 10.2. The molecule has 0 bridgehead atoms. The average molecular weight is 491 g/mol. The van der Waals surface area contributed by atoms with Crippen LogP contribution < -0.4 is 11.1 Å². The minimum absolute atomic E-state index is 0. The molecular weight excluding hydrogens is 465 g/mol. The van der Waals surface area contributed by atoms with Gasteiger partial charge in [0.25, 0.3) is 0 Å². The number of nitrogens with zero attached hydrogens (tertiary/aromatic N) is 3. The zero-order chi connectivity index (χ0) is 19.2. The second-order valence-electron chi connectivity index (χ2n) is 6.85. The molecule has 3 rings (SSSR count). The second-order valence-corrected chi connectivity index (χ2v) is 6.85. The smallest absolute Gasteiger partial charge is 0.231 e. The monoisotopic (exact) mass is 491 g/mol. The Kier molecular flexibility index (Phi) is 7.98. The third kappa shape index (κ3) is 5.79. The molecule has 1 aromatic heterocycles.